The van der Waals surface area contributed by atoms with Crippen molar-refractivity contribution in [1.82, 2.24) is 5.32 Å². The number of piperidine rings is 1. The molecule has 0 aromatic rings. The molecule has 1 saturated heterocycles. The number of aliphatic imine (C=N–C) groups is 1. The van der Waals surface area contributed by atoms with Gasteiger partial charge in [-0.3, -0.25) is 10.3 Å². The predicted molar refractivity (Wildman–Crippen MR) is 52.9 cm³/mol. The normalized spacial score (nSPS) is 44.4. The lowest BCUT2D eigenvalue weighted by Gasteiger charge is -2.34. The van der Waals surface area contributed by atoms with Crippen molar-refractivity contribution in [3.05, 3.63) is 0 Å². The van der Waals surface area contributed by atoms with Gasteiger partial charge in [-0.25, -0.2) is 0 Å². The lowest BCUT2D eigenvalue weighted by molar-refractivity contribution is 0.0744. The van der Waals surface area contributed by atoms with Gasteiger partial charge in [-0.05, 0) is 13.3 Å². The fourth-order valence-electron chi connectivity index (χ4n) is 1.84. The summed E-state index contributed by atoms with van der Waals surface area (Å²) in [5, 5.41) is 23.1. The molecule has 4 atom stereocenters. The highest BCUT2D eigenvalue weighted by molar-refractivity contribution is 8.14. The first-order valence-electron chi connectivity index (χ1n) is 4.46. The molecule has 0 saturated carbocycles. The van der Waals surface area contributed by atoms with Gasteiger partial charge >= 0.3 is 0 Å². The molecule has 0 bridgehead atoms. The molecule has 0 aliphatic carbocycles. The van der Waals surface area contributed by atoms with Crippen molar-refractivity contribution in [2.45, 2.75) is 36.9 Å². The minimum atomic E-state index is -0.409. The maximum absolute atomic E-state index is 9.73. The van der Waals surface area contributed by atoms with E-state index in [1.54, 1.807) is 11.8 Å². The number of hydrogen-bond donors (Lipinski definition) is 3. The third-order valence-corrected chi connectivity index (χ3v) is 3.59. The summed E-state index contributed by atoms with van der Waals surface area (Å²) in [6.07, 6.45) is 0.183. The molecule has 2 heterocycles. The van der Waals surface area contributed by atoms with Crippen LogP contribution in [-0.2, 0) is 0 Å². The maximum Gasteiger partial charge on any atom is 0.102 e. The van der Waals surface area contributed by atoms with Crippen molar-refractivity contribution in [3.8, 4) is 0 Å². The molecule has 4 nitrogen and oxygen atoms in total. The Morgan fingerprint density at radius 3 is 3.15 bits per heavy atom. The molecule has 2 aliphatic rings. The van der Waals surface area contributed by atoms with Gasteiger partial charge in [-0.1, -0.05) is 11.8 Å². The van der Waals surface area contributed by atoms with Crippen LogP contribution in [0.1, 0.15) is 13.3 Å². The summed E-state index contributed by atoms with van der Waals surface area (Å²) in [7, 11) is 0. The van der Waals surface area contributed by atoms with Crippen LogP contribution < -0.4 is 5.32 Å². The van der Waals surface area contributed by atoms with Crippen LogP contribution >= 0.6 is 11.8 Å². The first kappa shape index (κ1) is 9.45. The molecule has 0 aromatic carbocycles. The second kappa shape index (κ2) is 3.57. The van der Waals surface area contributed by atoms with Crippen molar-refractivity contribution < 1.29 is 10.2 Å². The van der Waals surface area contributed by atoms with Crippen LogP contribution in [-0.4, -0.2) is 45.4 Å². The third kappa shape index (κ3) is 1.74. The van der Waals surface area contributed by atoms with E-state index in [0.717, 1.165) is 5.04 Å². The topological polar surface area (TPSA) is 64.9 Å². The molecule has 2 aliphatic heterocycles. The first-order chi connectivity index (χ1) is 6.20. The summed E-state index contributed by atoms with van der Waals surface area (Å²) in [5.74, 6) is 0. The maximum atomic E-state index is 9.73. The van der Waals surface area contributed by atoms with Crippen LogP contribution in [0, 0.1) is 0 Å². The lowest BCUT2D eigenvalue weighted by atomic mass is 9.98. The van der Waals surface area contributed by atoms with E-state index >= 15 is 0 Å². The standard InChI is InChI=1S/C8H14N2O2S/c1-4-9-7-6(12)2-5(3-11)10-8(7)13-4/h5-8,10-12H,2-3H2,1H3/t5-,6-,7+,8+/m0/s1. The van der Waals surface area contributed by atoms with Gasteiger partial charge < -0.3 is 10.2 Å². The highest BCUT2D eigenvalue weighted by atomic mass is 32.2. The van der Waals surface area contributed by atoms with Crippen molar-refractivity contribution in [2.24, 2.45) is 4.99 Å². The molecule has 0 spiro atoms. The molecule has 74 valence electrons. The van der Waals surface area contributed by atoms with Gasteiger partial charge in [0.25, 0.3) is 0 Å². The molecule has 0 unspecified atom stereocenters. The summed E-state index contributed by atoms with van der Waals surface area (Å²) in [6.45, 7) is 2.03. The average Bonchev–Trinajstić information content (AvgIpc) is 2.46. The second-order valence-corrected chi connectivity index (χ2v) is 4.86. The highest BCUT2D eigenvalue weighted by Crippen LogP contribution is 2.31. The number of rotatable bonds is 1. The molecule has 5 heteroatoms. The molecule has 0 aromatic heterocycles. The number of nitrogens with one attached hydrogen (secondary N) is 1. The van der Waals surface area contributed by atoms with Gasteiger partial charge in [0.2, 0.25) is 0 Å². The third-order valence-electron chi connectivity index (χ3n) is 2.48. The van der Waals surface area contributed by atoms with Gasteiger partial charge in [-0.15, -0.1) is 0 Å². The summed E-state index contributed by atoms with van der Waals surface area (Å²) >= 11 is 1.64. The molecular formula is C8H14N2O2S. The smallest absolute Gasteiger partial charge is 0.102 e. The van der Waals surface area contributed by atoms with E-state index in [2.05, 4.69) is 10.3 Å². The largest absolute Gasteiger partial charge is 0.395 e. The van der Waals surface area contributed by atoms with E-state index in [0.29, 0.717) is 6.42 Å². The SMILES string of the molecule is CC1=N[C@H]2[C@H](N[C@H](CO)C[C@@H]2O)S1. The van der Waals surface area contributed by atoms with E-state index in [1.165, 1.54) is 0 Å². The van der Waals surface area contributed by atoms with E-state index < -0.39 is 6.10 Å². The number of thioether (sulfide) groups is 1. The van der Waals surface area contributed by atoms with Crippen LogP contribution in [0.5, 0.6) is 0 Å². The first-order valence-corrected chi connectivity index (χ1v) is 5.34. The Morgan fingerprint density at radius 2 is 2.46 bits per heavy atom. The summed E-state index contributed by atoms with van der Waals surface area (Å²) in [4.78, 5) is 4.35. The van der Waals surface area contributed by atoms with E-state index in [4.69, 9.17) is 5.11 Å². The van der Waals surface area contributed by atoms with Crippen molar-refractivity contribution in [2.75, 3.05) is 6.61 Å². The second-order valence-electron chi connectivity index (χ2n) is 3.53. The molecule has 2 rings (SSSR count). The van der Waals surface area contributed by atoms with Crippen LogP contribution in [0.25, 0.3) is 0 Å². The predicted octanol–water partition coefficient (Wildman–Crippen LogP) is -0.439. The number of nitrogens with zero attached hydrogens (tertiary/aromatic N) is 1. The van der Waals surface area contributed by atoms with E-state index in [-0.39, 0.29) is 24.1 Å². The fraction of sp³-hybridized carbons (Fsp3) is 0.875. The quantitative estimate of drug-likeness (QED) is 0.539. The number of aliphatic hydroxyl groups excluding tert-OH is 2. The monoisotopic (exact) mass is 202 g/mol. The van der Waals surface area contributed by atoms with Crippen molar-refractivity contribution >= 4 is 16.8 Å². The fourth-order valence-corrected chi connectivity index (χ4v) is 3.03. The minimum Gasteiger partial charge on any atom is -0.395 e. The number of hydrogen-bond acceptors (Lipinski definition) is 5. The lowest BCUT2D eigenvalue weighted by Crippen LogP contribution is -2.54. The Hall–Kier alpha value is -0.100. The van der Waals surface area contributed by atoms with Crippen LogP contribution in [0.2, 0.25) is 0 Å². The molecule has 1 fully saturated rings. The van der Waals surface area contributed by atoms with Crippen LogP contribution in [0.15, 0.2) is 4.99 Å². The Balaban J connectivity index is 2.06. The van der Waals surface area contributed by atoms with Gasteiger partial charge in [-0.2, -0.15) is 0 Å². The van der Waals surface area contributed by atoms with E-state index in [9.17, 15) is 5.11 Å². The van der Waals surface area contributed by atoms with Gasteiger partial charge in [0.05, 0.1) is 23.1 Å². The average molecular weight is 202 g/mol. The highest BCUT2D eigenvalue weighted by Gasteiger charge is 2.40. The Bertz CT molecular complexity index is 234. The van der Waals surface area contributed by atoms with Crippen LogP contribution in [0.4, 0.5) is 0 Å². The van der Waals surface area contributed by atoms with Gasteiger partial charge in [0.15, 0.2) is 0 Å². The molecular weight excluding hydrogens is 188 g/mol. The summed E-state index contributed by atoms with van der Waals surface area (Å²) < 4.78 is 0. The number of fused-ring (bicyclic) bond motifs is 1. The Kier molecular flexibility index (Phi) is 2.60. The molecule has 13 heavy (non-hydrogen) atoms. The number of aliphatic hydroxyl groups is 2. The minimum absolute atomic E-state index is 0.0184. The Labute approximate surface area is 81.4 Å². The Morgan fingerprint density at radius 1 is 1.69 bits per heavy atom. The molecule has 0 amide bonds. The summed E-state index contributed by atoms with van der Waals surface area (Å²) in [5.41, 5.74) is 0. The van der Waals surface area contributed by atoms with Crippen LogP contribution in [0.3, 0.4) is 0 Å². The van der Waals surface area contributed by atoms with Crippen molar-refractivity contribution in [3.63, 3.8) is 0 Å². The molecule has 3 N–H and O–H groups in total. The van der Waals surface area contributed by atoms with E-state index in [1.807, 2.05) is 6.92 Å². The summed E-state index contributed by atoms with van der Waals surface area (Å²) in [6, 6.07) is -0.00218. The van der Waals surface area contributed by atoms with Gasteiger partial charge in [0.1, 0.15) is 6.04 Å². The zero-order chi connectivity index (χ0) is 9.42. The van der Waals surface area contributed by atoms with Crippen molar-refractivity contribution in [1.29, 1.82) is 0 Å². The zero-order valence-electron chi connectivity index (χ0n) is 7.47. The molecule has 0 radical (unpaired) electrons. The van der Waals surface area contributed by atoms with Gasteiger partial charge in [0, 0.05) is 6.04 Å². The zero-order valence-corrected chi connectivity index (χ0v) is 8.29.